The molecule has 0 radical (unpaired) electrons. The number of aliphatic hydroxyl groups excluding tert-OH is 1. The van der Waals surface area contributed by atoms with Crippen LogP contribution in [0.1, 0.15) is 91.9 Å². The molecule has 202 valence electrons. The summed E-state index contributed by atoms with van der Waals surface area (Å²) in [6.07, 6.45) is 11.2. The summed E-state index contributed by atoms with van der Waals surface area (Å²) in [5.74, 6) is -1.07. The van der Waals surface area contributed by atoms with E-state index in [9.17, 15) is 5.11 Å². The van der Waals surface area contributed by atoms with E-state index in [1.165, 1.54) is 44.9 Å². The minimum absolute atomic E-state index is 0.0853. The van der Waals surface area contributed by atoms with Crippen molar-refractivity contribution in [1.82, 2.24) is 0 Å². The van der Waals surface area contributed by atoms with Gasteiger partial charge in [-0.25, -0.2) is 0 Å². The second-order valence-electron chi connectivity index (χ2n) is 10.4. The van der Waals surface area contributed by atoms with Crippen molar-refractivity contribution >= 4 is 0 Å². The molecule has 4 atom stereocenters. The van der Waals surface area contributed by atoms with Gasteiger partial charge in [0.25, 0.3) is 0 Å². The third kappa shape index (κ3) is 11.6. The molecule has 0 aromatic rings. The van der Waals surface area contributed by atoms with E-state index in [4.69, 9.17) is 33.2 Å². The Labute approximate surface area is 206 Å². The summed E-state index contributed by atoms with van der Waals surface area (Å²) < 4.78 is 39.8. The molecule has 2 aliphatic heterocycles. The number of methoxy groups -OCH3 is 1. The first-order valence-corrected chi connectivity index (χ1v) is 13.2. The highest BCUT2D eigenvalue weighted by Crippen LogP contribution is 2.33. The quantitative estimate of drug-likeness (QED) is 0.208. The second-order valence-corrected chi connectivity index (χ2v) is 10.4. The summed E-state index contributed by atoms with van der Waals surface area (Å²) in [7, 11) is 1.63. The molecule has 2 saturated heterocycles. The van der Waals surface area contributed by atoms with Crippen LogP contribution in [0.4, 0.5) is 0 Å². The Morgan fingerprint density at radius 2 is 1.47 bits per heavy atom. The summed E-state index contributed by atoms with van der Waals surface area (Å²) in [5.41, 5.74) is 0. The van der Waals surface area contributed by atoms with Gasteiger partial charge in [-0.3, -0.25) is 0 Å². The van der Waals surface area contributed by atoms with Crippen LogP contribution in [-0.2, 0) is 33.2 Å². The van der Waals surface area contributed by atoms with Gasteiger partial charge in [0.15, 0.2) is 11.6 Å². The van der Waals surface area contributed by atoms with Gasteiger partial charge in [0.2, 0.25) is 0 Å². The third-order valence-electron chi connectivity index (χ3n) is 6.40. The van der Waals surface area contributed by atoms with E-state index in [1.807, 2.05) is 27.7 Å². The monoisotopic (exact) mass is 490 g/mol. The van der Waals surface area contributed by atoms with Crippen molar-refractivity contribution in [2.75, 3.05) is 40.3 Å². The minimum Gasteiger partial charge on any atom is -0.394 e. The fourth-order valence-corrected chi connectivity index (χ4v) is 4.67. The van der Waals surface area contributed by atoms with Gasteiger partial charge in [-0.05, 0) is 40.5 Å². The molecule has 2 aliphatic rings. The molecule has 0 saturated carbocycles. The van der Waals surface area contributed by atoms with Crippen molar-refractivity contribution < 1.29 is 38.3 Å². The van der Waals surface area contributed by atoms with Crippen molar-refractivity contribution in [3.8, 4) is 0 Å². The molecule has 2 fully saturated rings. The molecule has 0 amide bonds. The summed E-state index contributed by atoms with van der Waals surface area (Å²) in [6.45, 7) is 9.45. The van der Waals surface area contributed by atoms with Crippen LogP contribution in [0.3, 0.4) is 0 Å². The van der Waals surface area contributed by atoms with Crippen molar-refractivity contribution in [3.05, 3.63) is 0 Å². The molecule has 0 aromatic carbocycles. The molecule has 2 heterocycles. The molecule has 1 N–H and O–H groups in total. The lowest BCUT2D eigenvalue weighted by Crippen LogP contribution is -2.40. The lowest BCUT2D eigenvalue weighted by Gasteiger charge is -2.25. The number of rotatable bonds is 19. The van der Waals surface area contributed by atoms with E-state index in [1.54, 1.807) is 7.11 Å². The highest BCUT2D eigenvalue weighted by molar-refractivity contribution is 4.87. The summed E-state index contributed by atoms with van der Waals surface area (Å²) in [6, 6.07) is 0. The highest BCUT2D eigenvalue weighted by Gasteiger charge is 2.45. The Kier molecular flexibility index (Phi) is 13.8. The SMILES string of the molecule is COCCOCO[C@H](CO)[C@H]1OC(C)(C)O[C@@H]1CCCCCCCCCC[C@@H]1COC(C)(C)O1. The van der Waals surface area contributed by atoms with E-state index in [2.05, 4.69) is 0 Å². The summed E-state index contributed by atoms with van der Waals surface area (Å²) in [4.78, 5) is 0. The lowest BCUT2D eigenvalue weighted by atomic mass is 10.0. The maximum absolute atomic E-state index is 9.84. The van der Waals surface area contributed by atoms with E-state index in [0.29, 0.717) is 13.2 Å². The maximum atomic E-state index is 9.84. The highest BCUT2D eigenvalue weighted by atomic mass is 16.8. The minimum atomic E-state index is -0.672. The number of hydrogen-bond acceptors (Lipinski definition) is 8. The summed E-state index contributed by atoms with van der Waals surface area (Å²) in [5, 5.41) is 9.84. The van der Waals surface area contributed by atoms with Crippen molar-refractivity contribution in [3.63, 3.8) is 0 Å². The standard InChI is InChI=1S/C26H50O8/c1-25(2)31-19-21(32-25)14-12-10-8-6-7-9-11-13-15-22-24(34-26(3,4)33-22)23(18-27)30-20-29-17-16-28-5/h21-24,27H,6-20H2,1-5H3/t21-,22-,23-,24+/m1/s1. The molecule has 0 aliphatic carbocycles. The molecular weight excluding hydrogens is 440 g/mol. The van der Waals surface area contributed by atoms with Gasteiger partial charge in [0.1, 0.15) is 19.0 Å². The van der Waals surface area contributed by atoms with Crippen LogP contribution in [0.15, 0.2) is 0 Å². The van der Waals surface area contributed by atoms with E-state index in [0.717, 1.165) is 25.9 Å². The lowest BCUT2D eigenvalue weighted by molar-refractivity contribution is -0.179. The largest absolute Gasteiger partial charge is 0.394 e. The van der Waals surface area contributed by atoms with Crippen LogP contribution in [0.25, 0.3) is 0 Å². The molecule has 34 heavy (non-hydrogen) atoms. The Balaban J connectivity index is 1.53. The van der Waals surface area contributed by atoms with Gasteiger partial charge >= 0.3 is 0 Å². The topological polar surface area (TPSA) is 84.8 Å². The number of ether oxygens (including phenoxy) is 7. The van der Waals surface area contributed by atoms with Gasteiger partial charge in [0, 0.05) is 7.11 Å². The zero-order chi connectivity index (χ0) is 24.9. The van der Waals surface area contributed by atoms with Crippen LogP contribution < -0.4 is 0 Å². The van der Waals surface area contributed by atoms with Gasteiger partial charge in [-0.15, -0.1) is 0 Å². The predicted molar refractivity (Wildman–Crippen MR) is 130 cm³/mol. The van der Waals surface area contributed by atoms with Crippen molar-refractivity contribution in [2.24, 2.45) is 0 Å². The van der Waals surface area contributed by atoms with Gasteiger partial charge in [-0.1, -0.05) is 51.4 Å². The zero-order valence-electron chi connectivity index (χ0n) is 22.2. The molecule has 0 aromatic heterocycles. The van der Waals surface area contributed by atoms with Crippen LogP contribution in [-0.4, -0.2) is 81.4 Å². The average molecular weight is 491 g/mol. The Morgan fingerprint density at radius 3 is 2.06 bits per heavy atom. The van der Waals surface area contributed by atoms with Gasteiger partial charge in [0.05, 0.1) is 38.6 Å². The van der Waals surface area contributed by atoms with Crippen LogP contribution in [0, 0.1) is 0 Å². The molecule has 8 nitrogen and oxygen atoms in total. The second kappa shape index (κ2) is 15.7. The van der Waals surface area contributed by atoms with Gasteiger partial charge in [-0.2, -0.15) is 0 Å². The molecule has 8 heteroatoms. The Bertz CT molecular complexity index is 527. The van der Waals surface area contributed by atoms with E-state index < -0.39 is 17.7 Å². The fourth-order valence-electron chi connectivity index (χ4n) is 4.67. The van der Waals surface area contributed by atoms with Crippen molar-refractivity contribution in [1.29, 1.82) is 0 Å². The first kappa shape index (κ1) is 29.9. The van der Waals surface area contributed by atoms with E-state index >= 15 is 0 Å². The first-order chi connectivity index (χ1) is 16.3. The van der Waals surface area contributed by atoms with Crippen molar-refractivity contribution in [2.45, 2.75) is 128 Å². The molecule has 0 spiro atoms. The van der Waals surface area contributed by atoms with Gasteiger partial charge < -0.3 is 38.3 Å². The molecule has 0 unspecified atom stereocenters. The van der Waals surface area contributed by atoms with Crippen LogP contribution in [0.2, 0.25) is 0 Å². The predicted octanol–water partition coefficient (Wildman–Crippen LogP) is 4.56. The average Bonchev–Trinajstić information content (AvgIpc) is 3.29. The third-order valence-corrected chi connectivity index (χ3v) is 6.40. The number of aliphatic hydroxyl groups is 1. The Hall–Kier alpha value is -0.320. The van der Waals surface area contributed by atoms with Crippen LogP contribution >= 0.6 is 0 Å². The first-order valence-electron chi connectivity index (χ1n) is 13.2. The Morgan fingerprint density at radius 1 is 0.824 bits per heavy atom. The van der Waals surface area contributed by atoms with E-state index in [-0.39, 0.29) is 31.7 Å². The van der Waals surface area contributed by atoms with Crippen LogP contribution in [0.5, 0.6) is 0 Å². The fraction of sp³-hybridized carbons (Fsp3) is 1.00. The molecule has 2 rings (SSSR count). The number of unbranched alkanes of at least 4 members (excludes halogenated alkanes) is 7. The molecular formula is C26H50O8. The smallest absolute Gasteiger partial charge is 0.163 e. The maximum Gasteiger partial charge on any atom is 0.163 e. The zero-order valence-corrected chi connectivity index (χ0v) is 22.2. The normalized spacial score (nSPS) is 26.8. The number of hydrogen-bond donors (Lipinski definition) is 1. The molecule has 0 bridgehead atoms. The summed E-state index contributed by atoms with van der Waals surface area (Å²) >= 11 is 0.